The highest BCUT2D eigenvalue weighted by Gasteiger charge is 2.18. The van der Waals surface area contributed by atoms with Crippen molar-refractivity contribution in [3.63, 3.8) is 0 Å². The van der Waals surface area contributed by atoms with Gasteiger partial charge in [-0.25, -0.2) is 0 Å². The molecule has 0 aliphatic rings. The summed E-state index contributed by atoms with van der Waals surface area (Å²) < 4.78 is 10.1. The quantitative estimate of drug-likeness (QED) is 0.435. The van der Waals surface area contributed by atoms with E-state index in [1.54, 1.807) is 19.2 Å². The summed E-state index contributed by atoms with van der Waals surface area (Å²) in [6.45, 7) is 0.255. The van der Waals surface area contributed by atoms with Gasteiger partial charge >= 0.3 is 11.8 Å². The molecular formula is C18H19N3O6. The van der Waals surface area contributed by atoms with Gasteiger partial charge in [0.2, 0.25) is 0 Å². The summed E-state index contributed by atoms with van der Waals surface area (Å²) in [5.41, 5.74) is 0.782. The number of rotatable bonds is 7. The Labute approximate surface area is 155 Å². The zero-order chi connectivity index (χ0) is 19.8. The van der Waals surface area contributed by atoms with E-state index in [0.717, 1.165) is 17.4 Å². The SMILES string of the molecule is COc1ccc(CCNC(=O)C(=O)Nc2cc([N+](=O)[O-])ccc2OC)cc1. The number of hydrogen-bond acceptors (Lipinski definition) is 6. The van der Waals surface area contributed by atoms with Crippen LogP contribution < -0.4 is 20.1 Å². The van der Waals surface area contributed by atoms with Gasteiger partial charge in [-0.3, -0.25) is 19.7 Å². The molecule has 27 heavy (non-hydrogen) atoms. The Bertz CT molecular complexity index is 835. The molecule has 0 radical (unpaired) electrons. The molecule has 2 rings (SSSR count). The highest BCUT2D eigenvalue weighted by atomic mass is 16.6. The van der Waals surface area contributed by atoms with Crippen LogP contribution >= 0.6 is 0 Å². The van der Waals surface area contributed by atoms with Crippen molar-refractivity contribution in [2.45, 2.75) is 6.42 Å². The fraction of sp³-hybridized carbons (Fsp3) is 0.222. The number of non-ortho nitro benzene ring substituents is 1. The lowest BCUT2D eigenvalue weighted by Crippen LogP contribution is -2.36. The van der Waals surface area contributed by atoms with Crippen LogP contribution in [0.5, 0.6) is 11.5 Å². The fourth-order valence-corrected chi connectivity index (χ4v) is 2.28. The molecule has 9 heteroatoms. The first-order valence-corrected chi connectivity index (χ1v) is 7.99. The lowest BCUT2D eigenvalue weighted by Gasteiger charge is -2.10. The fourth-order valence-electron chi connectivity index (χ4n) is 2.28. The average Bonchev–Trinajstić information content (AvgIpc) is 2.68. The molecule has 2 N–H and O–H groups in total. The van der Waals surface area contributed by atoms with Crippen molar-refractivity contribution in [1.82, 2.24) is 5.32 Å². The third-order valence-electron chi connectivity index (χ3n) is 3.71. The minimum Gasteiger partial charge on any atom is -0.497 e. The van der Waals surface area contributed by atoms with Crippen LogP contribution in [-0.2, 0) is 16.0 Å². The second-order valence-corrected chi connectivity index (χ2v) is 5.45. The number of benzene rings is 2. The van der Waals surface area contributed by atoms with Crippen molar-refractivity contribution < 1.29 is 24.0 Å². The number of carbonyl (C=O) groups is 2. The Morgan fingerprint density at radius 3 is 2.33 bits per heavy atom. The molecule has 0 heterocycles. The first-order chi connectivity index (χ1) is 12.9. The lowest BCUT2D eigenvalue weighted by molar-refractivity contribution is -0.384. The van der Waals surface area contributed by atoms with E-state index in [9.17, 15) is 19.7 Å². The number of nitro groups is 1. The Kier molecular flexibility index (Phi) is 6.70. The first-order valence-electron chi connectivity index (χ1n) is 7.99. The van der Waals surface area contributed by atoms with E-state index in [1.165, 1.54) is 19.2 Å². The molecule has 2 aromatic carbocycles. The van der Waals surface area contributed by atoms with Crippen LogP contribution in [0.2, 0.25) is 0 Å². The van der Waals surface area contributed by atoms with Gasteiger partial charge < -0.3 is 20.1 Å². The molecule has 0 atom stereocenters. The summed E-state index contributed by atoms with van der Waals surface area (Å²) in [6.07, 6.45) is 0.531. The molecule has 2 aromatic rings. The zero-order valence-electron chi connectivity index (χ0n) is 14.9. The van der Waals surface area contributed by atoms with E-state index in [4.69, 9.17) is 9.47 Å². The van der Waals surface area contributed by atoms with Gasteiger partial charge in [0.1, 0.15) is 11.5 Å². The van der Waals surface area contributed by atoms with Gasteiger partial charge in [0.15, 0.2) is 0 Å². The van der Waals surface area contributed by atoms with E-state index in [1.807, 2.05) is 12.1 Å². The molecule has 2 amide bonds. The maximum absolute atomic E-state index is 12.0. The summed E-state index contributed by atoms with van der Waals surface area (Å²) in [6, 6.07) is 11.0. The van der Waals surface area contributed by atoms with Gasteiger partial charge in [0.05, 0.1) is 24.8 Å². The summed E-state index contributed by atoms with van der Waals surface area (Å²) in [4.78, 5) is 34.2. The van der Waals surface area contributed by atoms with Crippen LogP contribution in [0.15, 0.2) is 42.5 Å². The third-order valence-corrected chi connectivity index (χ3v) is 3.71. The Morgan fingerprint density at radius 2 is 1.74 bits per heavy atom. The van der Waals surface area contributed by atoms with Gasteiger partial charge in [-0.15, -0.1) is 0 Å². The molecule has 142 valence electrons. The molecule has 0 aliphatic carbocycles. The Morgan fingerprint density at radius 1 is 1.04 bits per heavy atom. The van der Waals surface area contributed by atoms with Crippen LogP contribution in [-0.4, -0.2) is 37.5 Å². The zero-order valence-corrected chi connectivity index (χ0v) is 14.9. The third kappa shape index (κ3) is 5.43. The largest absolute Gasteiger partial charge is 0.497 e. The minimum atomic E-state index is -0.941. The smallest absolute Gasteiger partial charge is 0.313 e. The number of nitrogens with one attached hydrogen (secondary N) is 2. The molecule has 0 saturated heterocycles. The van der Waals surface area contributed by atoms with Crippen LogP contribution in [0.3, 0.4) is 0 Å². The number of ether oxygens (including phenoxy) is 2. The first kappa shape index (κ1) is 19.7. The van der Waals surface area contributed by atoms with Gasteiger partial charge in [-0.2, -0.15) is 0 Å². The Hall–Kier alpha value is -3.62. The molecule has 0 fully saturated rings. The molecule has 0 unspecified atom stereocenters. The van der Waals surface area contributed by atoms with Gasteiger partial charge in [-0.1, -0.05) is 12.1 Å². The van der Waals surface area contributed by atoms with Crippen molar-refractivity contribution in [2.24, 2.45) is 0 Å². The van der Waals surface area contributed by atoms with E-state index >= 15 is 0 Å². The van der Waals surface area contributed by atoms with E-state index < -0.39 is 16.7 Å². The summed E-state index contributed by atoms with van der Waals surface area (Å²) in [5, 5.41) is 15.7. The minimum absolute atomic E-state index is 0.0435. The van der Waals surface area contributed by atoms with Crippen molar-refractivity contribution >= 4 is 23.2 Å². The van der Waals surface area contributed by atoms with Crippen LogP contribution in [0.4, 0.5) is 11.4 Å². The molecular weight excluding hydrogens is 354 g/mol. The van der Waals surface area contributed by atoms with E-state index in [-0.39, 0.29) is 23.7 Å². The van der Waals surface area contributed by atoms with Gasteiger partial charge in [0.25, 0.3) is 5.69 Å². The predicted octanol–water partition coefficient (Wildman–Crippen LogP) is 1.91. The topological polar surface area (TPSA) is 120 Å². The normalized spacial score (nSPS) is 10.0. The molecule has 9 nitrogen and oxygen atoms in total. The number of carbonyl (C=O) groups excluding carboxylic acids is 2. The average molecular weight is 373 g/mol. The predicted molar refractivity (Wildman–Crippen MR) is 98.0 cm³/mol. The summed E-state index contributed by atoms with van der Waals surface area (Å²) in [7, 11) is 2.93. The van der Waals surface area contributed by atoms with Crippen LogP contribution in [0.25, 0.3) is 0 Å². The van der Waals surface area contributed by atoms with Crippen LogP contribution in [0, 0.1) is 10.1 Å². The maximum Gasteiger partial charge on any atom is 0.313 e. The number of amides is 2. The van der Waals surface area contributed by atoms with Gasteiger partial charge in [0, 0.05) is 18.7 Å². The van der Waals surface area contributed by atoms with Crippen LogP contribution in [0.1, 0.15) is 5.56 Å². The van der Waals surface area contributed by atoms with Crippen molar-refractivity contribution in [1.29, 1.82) is 0 Å². The summed E-state index contributed by atoms with van der Waals surface area (Å²) in [5.74, 6) is -0.853. The second kappa shape index (κ2) is 9.18. The number of nitrogens with zero attached hydrogens (tertiary/aromatic N) is 1. The van der Waals surface area contributed by atoms with E-state index in [0.29, 0.717) is 6.42 Å². The highest BCUT2D eigenvalue weighted by molar-refractivity contribution is 6.39. The molecule has 0 aromatic heterocycles. The summed E-state index contributed by atoms with van der Waals surface area (Å²) >= 11 is 0. The standard InChI is InChI=1S/C18H19N3O6/c1-26-14-6-3-12(4-7-14)9-10-19-17(22)18(23)20-15-11-13(21(24)25)5-8-16(15)27-2/h3-8,11H,9-10H2,1-2H3,(H,19,22)(H,20,23). The molecule has 0 bridgehead atoms. The number of hydrogen-bond donors (Lipinski definition) is 2. The molecule has 0 saturated carbocycles. The number of nitro benzene ring substituents is 1. The number of anilines is 1. The van der Waals surface area contributed by atoms with Crippen molar-refractivity contribution in [3.05, 3.63) is 58.1 Å². The molecule has 0 spiro atoms. The monoisotopic (exact) mass is 373 g/mol. The van der Waals surface area contributed by atoms with Gasteiger partial charge in [-0.05, 0) is 30.2 Å². The Balaban J connectivity index is 1.92. The van der Waals surface area contributed by atoms with Crippen molar-refractivity contribution in [2.75, 3.05) is 26.1 Å². The molecule has 0 aliphatic heterocycles. The maximum atomic E-state index is 12.0. The highest BCUT2D eigenvalue weighted by Crippen LogP contribution is 2.28. The second-order valence-electron chi connectivity index (χ2n) is 5.45. The number of methoxy groups -OCH3 is 2. The lowest BCUT2D eigenvalue weighted by atomic mass is 10.1. The van der Waals surface area contributed by atoms with E-state index in [2.05, 4.69) is 10.6 Å². The van der Waals surface area contributed by atoms with Crippen molar-refractivity contribution in [3.8, 4) is 11.5 Å².